The van der Waals surface area contributed by atoms with Gasteiger partial charge in [0, 0.05) is 13.5 Å². The normalized spacial score (nSPS) is 12.3. The molecule has 142 valence electrons. The largest absolute Gasteiger partial charge is 0.462 e. The molecule has 0 N–H and O–H groups in total. The fraction of sp³-hybridized carbons (Fsp3) is 0.375. The van der Waals surface area contributed by atoms with Gasteiger partial charge in [-0.3, -0.25) is 4.68 Å². The Labute approximate surface area is 144 Å². The van der Waals surface area contributed by atoms with Crippen molar-refractivity contribution in [2.75, 3.05) is 6.61 Å². The summed E-state index contributed by atoms with van der Waals surface area (Å²) < 4.78 is 83.3. The van der Waals surface area contributed by atoms with Gasteiger partial charge in [0.05, 0.1) is 17.9 Å². The minimum absolute atomic E-state index is 0.0668. The van der Waals surface area contributed by atoms with Crippen LogP contribution in [0.4, 0.5) is 26.3 Å². The molecule has 26 heavy (non-hydrogen) atoms. The molecule has 0 spiro atoms. The summed E-state index contributed by atoms with van der Waals surface area (Å²) in [4.78, 5) is 12.0. The number of esters is 1. The SMILES string of the molecule is CCOC(=O)c1c(Cc2cccc(C(F)(F)F)c2)nn(C)c1C(F)(F)F. The molecule has 2 aromatic rings. The van der Waals surface area contributed by atoms with E-state index >= 15 is 0 Å². The van der Waals surface area contributed by atoms with Crippen LogP contribution in [-0.4, -0.2) is 22.4 Å². The van der Waals surface area contributed by atoms with Gasteiger partial charge >= 0.3 is 18.3 Å². The van der Waals surface area contributed by atoms with Crippen LogP contribution in [0.3, 0.4) is 0 Å². The average molecular weight is 380 g/mol. The summed E-state index contributed by atoms with van der Waals surface area (Å²) in [5, 5.41) is 3.68. The van der Waals surface area contributed by atoms with Gasteiger partial charge in [0.25, 0.3) is 0 Å². The highest BCUT2D eigenvalue weighted by Gasteiger charge is 2.42. The number of carbonyl (C=O) groups excluding carboxylic acids is 1. The van der Waals surface area contributed by atoms with Gasteiger partial charge < -0.3 is 4.74 Å². The Balaban J connectivity index is 2.52. The van der Waals surface area contributed by atoms with Crippen molar-refractivity contribution < 1.29 is 35.9 Å². The Bertz CT molecular complexity index is 808. The molecule has 1 aromatic heterocycles. The molecule has 0 aliphatic heterocycles. The van der Waals surface area contributed by atoms with Gasteiger partial charge in [-0.2, -0.15) is 31.4 Å². The van der Waals surface area contributed by atoms with Crippen LogP contribution in [-0.2, 0) is 30.6 Å². The molecule has 0 saturated heterocycles. The second-order valence-corrected chi connectivity index (χ2v) is 5.39. The first-order valence-corrected chi connectivity index (χ1v) is 7.41. The van der Waals surface area contributed by atoms with Crippen molar-refractivity contribution in [2.24, 2.45) is 7.05 Å². The van der Waals surface area contributed by atoms with E-state index in [0.717, 1.165) is 25.2 Å². The van der Waals surface area contributed by atoms with Crippen LogP contribution in [0.25, 0.3) is 0 Å². The molecule has 0 amide bonds. The van der Waals surface area contributed by atoms with E-state index in [9.17, 15) is 31.1 Å². The number of hydrogen-bond acceptors (Lipinski definition) is 3. The van der Waals surface area contributed by atoms with E-state index in [1.807, 2.05) is 0 Å². The van der Waals surface area contributed by atoms with Crippen LogP contribution in [0.15, 0.2) is 24.3 Å². The zero-order valence-corrected chi connectivity index (χ0v) is 13.7. The third kappa shape index (κ3) is 4.17. The van der Waals surface area contributed by atoms with Crippen LogP contribution < -0.4 is 0 Å². The van der Waals surface area contributed by atoms with E-state index < -0.39 is 35.1 Å². The number of rotatable bonds is 4. The van der Waals surface area contributed by atoms with E-state index in [4.69, 9.17) is 0 Å². The Kier molecular flexibility index (Phi) is 5.33. The van der Waals surface area contributed by atoms with E-state index in [1.165, 1.54) is 13.0 Å². The Morgan fingerprint density at radius 1 is 1.15 bits per heavy atom. The zero-order valence-electron chi connectivity index (χ0n) is 13.7. The van der Waals surface area contributed by atoms with Crippen molar-refractivity contribution in [3.8, 4) is 0 Å². The molecule has 0 radical (unpaired) electrons. The zero-order chi connectivity index (χ0) is 19.7. The van der Waals surface area contributed by atoms with Crippen LogP contribution in [0.2, 0.25) is 0 Å². The summed E-state index contributed by atoms with van der Waals surface area (Å²) in [6, 6.07) is 4.09. The molecule has 1 heterocycles. The van der Waals surface area contributed by atoms with E-state index in [2.05, 4.69) is 9.84 Å². The maximum absolute atomic E-state index is 13.3. The Hall–Kier alpha value is -2.52. The number of alkyl halides is 6. The summed E-state index contributed by atoms with van der Waals surface area (Å²) in [5.41, 5.74) is -3.29. The standard InChI is InChI=1S/C16H14F6N2O2/c1-3-26-14(25)12-11(23-24(2)13(12)16(20,21)22)8-9-5-4-6-10(7-9)15(17,18)19/h4-7H,3,8H2,1-2H3. The smallest absolute Gasteiger partial charge is 0.433 e. The third-order valence-corrected chi connectivity index (χ3v) is 3.49. The highest BCUT2D eigenvalue weighted by Crippen LogP contribution is 2.35. The molecule has 0 atom stereocenters. The van der Waals surface area contributed by atoms with Gasteiger partial charge in [-0.05, 0) is 18.6 Å². The predicted octanol–water partition coefficient (Wildman–Crippen LogP) is 4.23. The topological polar surface area (TPSA) is 44.1 Å². The lowest BCUT2D eigenvalue weighted by atomic mass is 10.0. The average Bonchev–Trinajstić information content (AvgIpc) is 2.83. The quantitative estimate of drug-likeness (QED) is 0.589. The molecule has 0 aliphatic carbocycles. The molecule has 0 aliphatic rings. The molecule has 0 fully saturated rings. The first kappa shape index (κ1) is 19.8. The van der Waals surface area contributed by atoms with Gasteiger partial charge in [0.2, 0.25) is 0 Å². The summed E-state index contributed by atoms with van der Waals surface area (Å²) >= 11 is 0. The first-order chi connectivity index (χ1) is 11.9. The van der Waals surface area contributed by atoms with Gasteiger partial charge in [0.1, 0.15) is 5.56 Å². The lowest BCUT2D eigenvalue weighted by Gasteiger charge is -2.10. The fourth-order valence-electron chi connectivity index (χ4n) is 2.50. The van der Waals surface area contributed by atoms with Gasteiger partial charge in [-0.25, -0.2) is 4.79 Å². The van der Waals surface area contributed by atoms with E-state index in [-0.39, 0.29) is 24.3 Å². The van der Waals surface area contributed by atoms with Crippen LogP contribution in [0.1, 0.15) is 39.8 Å². The number of ether oxygens (including phenoxy) is 1. The number of aryl methyl sites for hydroxylation is 1. The maximum Gasteiger partial charge on any atom is 0.433 e. The lowest BCUT2D eigenvalue weighted by Crippen LogP contribution is -2.18. The predicted molar refractivity (Wildman–Crippen MR) is 78.4 cm³/mol. The fourth-order valence-corrected chi connectivity index (χ4v) is 2.50. The molecule has 0 bridgehead atoms. The van der Waals surface area contributed by atoms with Crippen molar-refractivity contribution in [3.63, 3.8) is 0 Å². The van der Waals surface area contributed by atoms with E-state index in [1.54, 1.807) is 0 Å². The molecular formula is C16H14F6N2O2. The number of carbonyl (C=O) groups is 1. The van der Waals surface area contributed by atoms with E-state index in [0.29, 0.717) is 4.68 Å². The number of nitrogens with zero attached hydrogens (tertiary/aromatic N) is 2. The van der Waals surface area contributed by atoms with Crippen LogP contribution in [0, 0.1) is 0 Å². The molecule has 2 rings (SSSR count). The Morgan fingerprint density at radius 3 is 2.35 bits per heavy atom. The van der Waals surface area contributed by atoms with Crippen LogP contribution >= 0.6 is 0 Å². The molecular weight excluding hydrogens is 366 g/mol. The van der Waals surface area contributed by atoms with Crippen LogP contribution in [0.5, 0.6) is 0 Å². The molecule has 4 nitrogen and oxygen atoms in total. The maximum atomic E-state index is 13.3. The second-order valence-electron chi connectivity index (χ2n) is 5.39. The van der Waals surface area contributed by atoms with Gasteiger partial charge in [-0.1, -0.05) is 18.2 Å². The first-order valence-electron chi connectivity index (χ1n) is 7.41. The number of benzene rings is 1. The monoisotopic (exact) mass is 380 g/mol. The van der Waals surface area contributed by atoms with Crippen molar-refractivity contribution in [1.29, 1.82) is 0 Å². The minimum Gasteiger partial charge on any atom is -0.462 e. The molecule has 0 saturated carbocycles. The van der Waals surface area contributed by atoms with Gasteiger partial charge in [-0.15, -0.1) is 0 Å². The molecule has 0 unspecified atom stereocenters. The summed E-state index contributed by atoms with van der Waals surface area (Å²) in [7, 11) is 1.00. The third-order valence-electron chi connectivity index (χ3n) is 3.49. The highest BCUT2D eigenvalue weighted by atomic mass is 19.4. The highest BCUT2D eigenvalue weighted by molar-refractivity contribution is 5.92. The van der Waals surface area contributed by atoms with Crippen molar-refractivity contribution in [1.82, 2.24) is 9.78 Å². The van der Waals surface area contributed by atoms with Gasteiger partial charge in [0.15, 0.2) is 5.69 Å². The Morgan fingerprint density at radius 2 is 1.81 bits per heavy atom. The minimum atomic E-state index is -4.88. The van der Waals surface area contributed by atoms with Crippen molar-refractivity contribution in [2.45, 2.75) is 25.7 Å². The second kappa shape index (κ2) is 7.00. The number of hydrogen-bond donors (Lipinski definition) is 0. The molecule has 1 aromatic carbocycles. The van der Waals surface area contributed by atoms with Crippen molar-refractivity contribution in [3.05, 3.63) is 52.3 Å². The summed E-state index contributed by atoms with van der Waals surface area (Å²) in [6.07, 6.45) is -9.86. The van der Waals surface area contributed by atoms with Crippen molar-refractivity contribution >= 4 is 5.97 Å². The summed E-state index contributed by atoms with van der Waals surface area (Å²) in [6.45, 7) is 1.27. The number of aromatic nitrogens is 2. The molecule has 10 heteroatoms. The number of halogens is 6. The lowest BCUT2D eigenvalue weighted by molar-refractivity contribution is -0.144. The summed E-state index contributed by atoms with van der Waals surface area (Å²) in [5.74, 6) is -1.23.